The smallest absolute Gasteiger partial charge is 0.350 e. The lowest BCUT2D eigenvalue weighted by molar-refractivity contribution is 0.0451. The van der Waals surface area contributed by atoms with Gasteiger partial charge in [0.25, 0.3) is 0 Å². The van der Waals surface area contributed by atoms with Crippen LogP contribution in [0.1, 0.15) is 23.0 Å². The molecule has 14 heavy (non-hydrogen) atoms. The average molecular weight is 215 g/mol. The first-order valence-corrected chi connectivity index (χ1v) is 5.17. The van der Waals surface area contributed by atoms with Gasteiger partial charge < -0.3 is 15.6 Å². The number of anilines is 1. The van der Waals surface area contributed by atoms with E-state index >= 15 is 0 Å². The minimum Gasteiger partial charge on any atom is -0.461 e. The SMILES string of the molecule is CC(O)CCOC(=O)c1sccc1N. The Labute approximate surface area is 86.3 Å². The molecule has 3 N–H and O–H groups in total. The molecule has 1 unspecified atom stereocenters. The molecule has 0 amide bonds. The Bertz CT molecular complexity index is 309. The lowest BCUT2D eigenvalue weighted by atomic mass is 10.3. The van der Waals surface area contributed by atoms with Crippen molar-refractivity contribution in [3.8, 4) is 0 Å². The monoisotopic (exact) mass is 215 g/mol. The van der Waals surface area contributed by atoms with Crippen LogP contribution in [0.4, 0.5) is 5.69 Å². The normalized spacial score (nSPS) is 12.4. The number of carbonyl (C=O) groups excluding carboxylic acids is 1. The van der Waals surface area contributed by atoms with Gasteiger partial charge in [0.2, 0.25) is 0 Å². The van der Waals surface area contributed by atoms with E-state index in [1.54, 1.807) is 18.4 Å². The van der Waals surface area contributed by atoms with Crippen molar-refractivity contribution in [2.45, 2.75) is 19.4 Å². The van der Waals surface area contributed by atoms with Crippen molar-refractivity contribution in [2.75, 3.05) is 12.3 Å². The summed E-state index contributed by atoms with van der Waals surface area (Å²) in [5.41, 5.74) is 5.97. The molecule has 4 nitrogen and oxygen atoms in total. The van der Waals surface area contributed by atoms with Crippen molar-refractivity contribution in [1.82, 2.24) is 0 Å². The zero-order valence-electron chi connectivity index (χ0n) is 7.90. The number of nitrogen functional groups attached to an aromatic ring is 1. The second kappa shape index (κ2) is 4.97. The van der Waals surface area contributed by atoms with E-state index in [-0.39, 0.29) is 6.61 Å². The molecule has 1 heterocycles. The van der Waals surface area contributed by atoms with Crippen molar-refractivity contribution in [3.05, 3.63) is 16.3 Å². The third-order valence-corrected chi connectivity index (χ3v) is 2.56. The van der Waals surface area contributed by atoms with Crippen molar-refractivity contribution in [3.63, 3.8) is 0 Å². The fourth-order valence-corrected chi connectivity index (χ4v) is 1.58. The zero-order valence-corrected chi connectivity index (χ0v) is 8.71. The lowest BCUT2D eigenvalue weighted by Gasteiger charge is -2.05. The van der Waals surface area contributed by atoms with Gasteiger partial charge in [-0.1, -0.05) is 0 Å². The highest BCUT2D eigenvalue weighted by atomic mass is 32.1. The van der Waals surface area contributed by atoms with E-state index in [4.69, 9.17) is 15.6 Å². The largest absolute Gasteiger partial charge is 0.461 e. The number of hydrogen-bond acceptors (Lipinski definition) is 5. The number of rotatable bonds is 4. The number of nitrogens with two attached hydrogens (primary N) is 1. The van der Waals surface area contributed by atoms with Crippen LogP contribution in [0.3, 0.4) is 0 Å². The fourth-order valence-electron chi connectivity index (χ4n) is 0.873. The van der Waals surface area contributed by atoms with Crippen LogP contribution in [0.5, 0.6) is 0 Å². The molecule has 0 aliphatic heterocycles. The molecular weight excluding hydrogens is 202 g/mol. The van der Waals surface area contributed by atoms with Crippen LogP contribution in [-0.4, -0.2) is 23.8 Å². The highest BCUT2D eigenvalue weighted by Crippen LogP contribution is 2.19. The summed E-state index contributed by atoms with van der Waals surface area (Å²) in [4.78, 5) is 11.8. The minimum atomic E-state index is -0.455. The van der Waals surface area contributed by atoms with Crippen molar-refractivity contribution < 1.29 is 14.6 Å². The molecule has 0 aliphatic carbocycles. The Morgan fingerprint density at radius 1 is 1.79 bits per heavy atom. The van der Waals surface area contributed by atoms with E-state index in [0.29, 0.717) is 17.0 Å². The molecular formula is C9H13NO3S. The molecule has 5 heteroatoms. The van der Waals surface area contributed by atoms with Gasteiger partial charge in [-0.25, -0.2) is 4.79 Å². The van der Waals surface area contributed by atoms with E-state index < -0.39 is 12.1 Å². The average Bonchev–Trinajstić information content (AvgIpc) is 2.50. The third kappa shape index (κ3) is 3.01. The van der Waals surface area contributed by atoms with Crippen molar-refractivity contribution in [1.29, 1.82) is 0 Å². The number of carbonyl (C=O) groups is 1. The van der Waals surface area contributed by atoms with Crippen LogP contribution in [0.2, 0.25) is 0 Å². The molecule has 0 saturated carbocycles. The van der Waals surface area contributed by atoms with Crippen LogP contribution in [0.25, 0.3) is 0 Å². The Morgan fingerprint density at radius 3 is 3.00 bits per heavy atom. The summed E-state index contributed by atoms with van der Waals surface area (Å²) in [6.45, 7) is 1.86. The number of aliphatic hydroxyl groups excluding tert-OH is 1. The molecule has 1 aromatic heterocycles. The maximum absolute atomic E-state index is 11.3. The van der Waals surface area contributed by atoms with Gasteiger partial charge in [0.1, 0.15) is 4.88 Å². The molecule has 0 fully saturated rings. The molecule has 1 rings (SSSR count). The Morgan fingerprint density at radius 2 is 2.50 bits per heavy atom. The number of ether oxygens (including phenoxy) is 1. The molecule has 0 spiro atoms. The Kier molecular flexibility index (Phi) is 3.91. The van der Waals surface area contributed by atoms with Gasteiger partial charge in [-0.15, -0.1) is 11.3 Å². The second-order valence-electron chi connectivity index (χ2n) is 2.98. The molecule has 0 aliphatic rings. The van der Waals surface area contributed by atoms with E-state index in [1.165, 1.54) is 11.3 Å². The van der Waals surface area contributed by atoms with Gasteiger partial charge in [-0.2, -0.15) is 0 Å². The predicted molar refractivity (Wildman–Crippen MR) is 55.3 cm³/mol. The molecule has 0 aromatic carbocycles. The summed E-state index contributed by atoms with van der Waals surface area (Å²) in [7, 11) is 0. The van der Waals surface area contributed by atoms with Crippen LogP contribution >= 0.6 is 11.3 Å². The molecule has 78 valence electrons. The second-order valence-corrected chi connectivity index (χ2v) is 3.89. The summed E-state index contributed by atoms with van der Waals surface area (Å²) in [5.74, 6) is -0.418. The number of thiophene rings is 1. The van der Waals surface area contributed by atoms with Gasteiger partial charge >= 0.3 is 5.97 Å². The maximum atomic E-state index is 11.3. The van der Waals surface area contributed by atoms with Gasteiger partial charge in [-0.05, 0) is 18.4 Å². The topological polar surface area (TPSA) is 72.5 Å². The first-order chi connectivity index (χ1) is 6.61. The third-order valence-electron chi connectivity index (χ3n) is 1.65. The fraction of sp³-hybridized carbons (Fsp3) is 0.444. The van der Waals surface area contributed by atoms with E-state index in [9.17, 15) is 4.79 Å². The van der Waals surface area contributed by atoms with Crippen LogP contribution in [-0.2, 0) is 4.74 Å². The Hall–Kier alpha value is -1.07. The van der Waals surface area contributed by atoms with Gasteiger partial charge in [0.05, 0.1) is 18.4 Å². The number of hydrogen-bond donors (Lipinski definition) is 2. The highest BCUT2D eigenvalue weighted by Gasteiger charge is 2.12. The molecule has 1 aromatic rings. The first kappa shape index (κ1) is 11.0. The summed E-state index contributed by atoms with van der Waals surface area (Å²) in [6, 6.07) is 1.66. The molecule has 0 bridgehead atoms. The van der Waals surface area contributed by atoms with E-state index in [2.05, 4.69) is 0 Å². The standard InChI is InChI=1S/C9H13NO3S/c1-6(11)2-4-13-9(12)8-7(10)3-5-14-8/h3,5-6,11H,2,4,10H2,1H3. The summed E-state index contributed by atoms with van der Waals surface area (Å²) < 4.78 is 4.91. The van der Waals surface area contributed by atoms with Gasteiger partial charge in [0.15, 0.2) is 0 Å². The number of aliphatic hydroxyl groups is 1. The predicted octanol–water partition coefficient (Wildman–Crippen LogP) is 1.26. The summed E-state index contributed by atoms with van der Waals surface area (Å²) in [5, 5.41) is 10.7. The van der Waals surface area contributed by atoms with Crippen molar-refractivity contribution >= 4 is 23.0 Å². The lowest BCUT2D eigenvalue weighted by Crippen LogP contribution is -2.11. The molecule has 0 radical (unpaired) electrons. The van der Waals surface area contributed by atoms with E-state index in [1.807, 2.05) is 0 Å². The van der Waals surface area contributed by atoms with Gasteiger partial charge in [-0.3, -0.25) is 0 Å². The van der Waals surface area contributed by atoms with Crippen molar-refractivity contribution in [2.24, 2.45) is 0 Å². The number of esters is 1. The van der Waals surface area contributed by atoms with Crippen LogP contribution in [0, 0.1) is 0 Å². The van der Waals surface area contributed by atoms with Crippen LogP contribution in [0.15, 0.2) is 11.4 Å². The van der Waals surface area contributed by atoms with Gasteiger partial charge in [0, 0.05) is 6.42 Å². The molecule has 0 saturated heterocycles. The van der Waals surface area contributed by atoms with Crippen LogP contribution < -0.4 is 5.73 Å². The minimum absolute atomic E-state index is 0.216. The summed E-state index contributed by atoms with van der Waals surface area (Å²) >= 11 is 1.25. The quantitative estimate of drug-likeness (QED) is 0.741. The first-order valence-electron chi connectivity index (χ1n) is 4.29. The maximum Gasteiger partial charge on any atom is 0.350 e. The summed E-state index contributed by atoms with van der Waals surface area (Å²) in [6.07, 6.45) is -0.0136. The van der Waals surface area contributed by atoms with E-state index in [0.717, 1.165) is 0 Å². The highest BCUT2D eigenvalue weighted by molar-refractivity contribution is 7.12. The zero-order chi connectivity index (χ0) is 10.6. The Balaban J connectivity index is 2.40. The molecule has 1 atom stereocenters.